The predicted molar refractivity (Wildman–Crippen MR) is 119 cm³/mol. The van der Waals surface area contributed by atoms with Crippen molar-refractivity contribution in [2.45, 2.75) is 6.42 Å². The fraction of sp³-hybridized carbons (Fsp3) is 0.227. The molecule has 6 nitrogen and oxygen atoms in total. The number of anilines is 1. The van der Waals surface area contributed by atoms with Gasteiger partial charge >= 0.3 is 0 Å². The van der Waals surface area contributed by atoms with Gasteiger partial charge in [0.15, 0.2) is 0 Å². The summed E-state index contributed by atoms with van der Waals surface area (Å²) >= 11 is 6.48. The van der Waals surface area contributed by atoms with E-state index in [4.69, 9.17) is 16.6 Å². The molecule has 0 radical (unpaired) electrons. The minimum atomic E-state index is 0.641. The summed E-state index contributed by atoms with van der Waals surface area (Å²) in [5.41, 5.74) is 4.35. The summed E-state index contributed by atoms with van der Waals surface area (Å²) in [6, 6.07) is 13.6. The van der Waals surface area contributed by atoms with Crippen molar-refractivity contribution in [2.24, 2.45) is 0 Å². The molecule has 0 saturated heterocycles. The molecule has 7 heteroatoms. The number of fused-ring (bicyclic) bond motifs is 1. The molecule has 4 aromatic rings. The molecule has 2 N–H and O–H groups in total. The molecule has 29 heavy (non-hydrogen) atoms. The van der Waals surface area contributed by atoms with Gasteiger partial charge in [-0.15, -0.1) is 0 Å². The molecule has 0 atom stereocenters. The number of hydrogen-bond acceptors (Lipinski definition) is 5. The maximum absolute atomic E-state index is 6.48. The number of nitrogens with one attached hydrogen (secondary N) is 2. The van der Waals surface area contributed by atoms with Crippen LogP contribution < -0.4 is 5.32 Å². The number of H-pyrrole nitrogens is 1. The van der Waals surface area contributed by atoms with Gasteiger partial charge < -0.3 is 15.2 Å². The molecular formula is C22H23ClN6. The van der Waals surface area contributed by atoms with Gasteiger partial charge in [0, 0.05) is 30.1 Å². The van der Waals surface area contributed by atoms with E-state index >= 15 is 0 Å². The Morgan fingerprint density at radius 2 is 2.00 bits per heavy atom. The van der Waals surface area contributed by atoms with Gasteiger partial charge in [-0.1, -0.05) is 17.7 Å². The van der Waals surface area contributed by atoms with Crippen LogP contribution in [-0.4, -0.2) is 52.0 Å². The first-order chi connectivity index (χ1) is 14.1. The molecule has 1 aromatic carbocycles. The molecule has 0 bridgehead atoms. The van der Waals surface area contributed by atoms with E-state index in [1.54, 1.807) is 6.20 Å². The number of pyridine rings is 2. The highest BCUT2D eigenvalue weighted by atomic mass is 35.5. The zero-order valence-corrected chi connectivity index (χ0v) is 17.2. The van der Waals surface area contributed by atoms with E-state index < -0.39 is 0 Å². The van der Waals surface area contributed by atoms with Crippen LogP contribution in [0.2, 0.25) is 5.02 Å². The van der Waals surface area contributed by atoms with E-state index in [1.807, 2.05) is 48.7 Å². The molecule has 148 valence electrons. The van der Waals surface area contributed by atoms with Crippen molar-refractivity contribution in [2.75, 3.05) is 32.5 Å². The van der Waals surface area contributed by atoms with Gasteiger partial charge in [-0.3, -0.25) is 4.98 Å². The summed E-state index contributed by atoms with van der Waals surface area (Å²) in [7, 11) is 4.15. The first kappa shape index (κ1) is 19.4. The smallest absolute Gasteiger partial charge is 0.140 e. The van der Waals surface area contributed by atoms with Crippen LogP contribution in [0.15, 0.2) is 54.9 Å². The summed E-state index contributed by atoms with van der Waals surface area (Å²) in [5.74, 6) is 1.63. The lowest BCUT2D eigenvalue weighted by Crippen LogP contribution is -2.16. The Bertz CT molecular complexity index is 1090. The molecular weight excluding hydrogens is 384 g/mol. The highest BCUT2D eigenvalue weighted by molar-refractivity contribution is 6.34. The third kappa shape index (κ3) is 4.55. The first-order valence-corrected chi connectivity index (χ1v) is 9.93. The minimum Gasteiger partial charge on any atom is -0.370 e. The summed E-state index contributed by atoms with van der Waals surface area (Å²) in [5, 5.41) is 3.99. The number of hydrogen-bond donors (Lipinski definition) is 2. The Hall–Kier alpha value is -2.96. The van der Waals surface area contributed by atoms with E-state index in [2.05, 4.69) is 39.3 Å². The molecule has 4 rings (SSSR count). The van der Waals surface area contributed by atoms with Crippen molar-refractivity contribution < 1.29 is 0 Å². The number of nitrogens with zero attached hydrogens (tertiary/aromatic N) is 4. The maximum atomic E-state index is 6.48. The highest BCUT2D eigenvalue weighted by Gasteiger charge is 2.11. The Kier molecular flexibility index (Phi) is 5.74. The molecule has 0 spiro atoms. The second-order valence-corrected chi connectivity index (χ2v) is 7.57. The van der Waals surface area contributed by atoms with Crippen LogP contribution in [0.4, 0.5) is 5.82 Å². The van der Waals surface area contributed by atoms with Gasteiger partial charge in [0.1, 0.15) is 11.6 Å². The largest absolute Gasteiger partial charge is 0.370 e. The van der Waals surface area contributed by atoms with Crippen LogP contribution in [0.25, 0.3) is 33.7 Å². The van der Waals surface area contributed by atoms with Crippen LogP contribution in [0.3, 0.4) is 0 Å². The molecule has 0 aliphatic rings. The Balaban J connectivity index is 1.54. The van der Waals surface area contributed by atoms with Crippen molar-refractivity contribution in [1.82, 2.24) is 24.8 Å². The molecule has 0 aliphatic heterocycles. The average Bonchev–Trinajstić information content (AvgIpc) is 3.14. The number of aromatic nitrogens is 4. The topological polar surface area (TPSA) is 69.7 Å². The van der Waals surface area contributed by atoms with Gasteiger partial charge in [-0.25, -0.2) is 9.97 Å². The van der Waals surface area contributed by atoms with Crippen LogP contribution in [0.1, 0.15) is 6.42 Å². The lowest BCUT2D eigenvalue weighted by Gasteiger charge is -2.10. The third-order valence-corrected chi connectivity index (χ3v) is 4.95. The standard InChI is InChI=1S/C22H23ClN6/c1-29(2)11-5-10-25-21-8-7-15(14-26-21)22-27-19-12-16(17(23)13-20(19)28-22)18-6-3-4-9-24-18/h3-4,6-9,12-14H,5,10-11H2,1-2H3,(H,25,26)(H,27,28). The molecule has 0 amide bonds. The summed E-state index contributed by atoms with van der Waals surface area (Å²) in [4.78, 5) is 19.1. The van der Waals surface area contributed by atoms with E-state index in [-0.39, 0.29) is 0 Å². The summed E-state index contributed by atoms with van der Waals surface area (Å²) < 4.78 is 0. The number of aromatic amines is 1. The monoisotopic (exact) mass is 406 g/mol. The molecule has 0 aliphatic carbocycles. The van der Waals surface area contributed by atoms with Crippen LogP contribution in [-0.2, 0) is 0 Å². The summed E-state index contributed by atoms with van der Waals surface area (Å²) in [6.45, 7) is 1.94. The average molecular weight is 407 g/mol. The number of imidazole rings is 1. The van der Waals surface area contributed by atoms with Crippen molar-refractivity contribution >= 4 is 28.5 Å². The zero-order chi connectivity index (χ0) is 20.2. The zero-order valence-electron chi connectivity index (χ0n) is 16.5. The van der Waals surface area contributed by atoms with Crippen molar-refractivity contribution in [3.63, 3.8) is 0 Å². The fourth-order valence-corrected chi connectivity index (χ4v) is 3.40. The van der Waals surface area contributed by atoms with Gasteiger partial charge in [0.2, 0.25) is 0 Å². The number of halogens is 1. The minimum absolute atomic E-state index is 0.641. The first-order valence-electron chi connectivity index (χ1n) is 9.56. The van der Waals surface area contributed by atoms with Crippen molar-refractivity contribution in [3.05, 3.63) is 59.9 Å². The Morgan fingerprint density at radius 3 is 2.72 bits per heavy atom. The second kappa shape index (κ2) is 8.59. The lowest BCUT2D eigenvalue weighted by atomic mass is 10.1. The van der Waals surface area contributed by atoms with Gasteiger partial charge in [-0.2, -0.15) is 0 Å². The van der Waals surface area contributed by atoms with E-state index in [0.29, 0.717) is 5.02 Å². The van der Waals surface area contributed by atoms with Crippen molar-refractivity contribution in [1.29, 1.82) is 0 Å². The molecule has 3 heterocycles. The van der Waals surface area contributed by atoms with Gasteiger partial charge in [-0.05, 0) is 63.5 Å². The molecule has 0 saturated carbocycles. The molecule has 0 fully saturated rings. The Morgan fingerprint density at radius 1 is 1.10 bits per heavy atom. The Labute approximate surface area is 175 Å². The fourth-order valence-electron chi connectivity index (χ4n) is 3.14. The molecule has 3 aromatic heterocycles. The lowest BCUT2D eigenvalue weighted by molar-refractivity contribution is 0.405. The second-order valence-electron chi connectivity index (χ2n) is 7.17. The molecule has 0 unspecified atom stereocenters. The van der Waals surface area contributed by atoms with Crippen LogP contribution in [0.5, 0.6) is 0 Å². The third-order valence-electron chi connectivity index (χ3n) is 4.64. The van der Waals surface area contributed by atoms with Crippen LogP contribution >= 0.6 is 11.6 Å². The van der Waals surface area contributed by atoms with Crippen LogP contribution in [0, 0.1) is 0 Å². The maximum Gasteiger partial charge on any atom is 0.140 e. The SMILES string of the molecule is CN(C)CCCNc1ccc(-c2nc3cc(-c4ccccn4)c(Cl)cc3[nH]2)cn1. The van der Waals surface area contributed by atoms with E-state index in [0.717, 1.165) is 59.0 Å². The van der Waals surface area contributed by atoms with E-state index in [9.17, 15) is 0 Å². The number of benzene rings is 1. The quantitative estimate of drug-likeness (QED) is 0.435. The van der Waals surface area contributed by atoms with Crippen molar-refractivity contribution in [3.8, 4) is 22.6 Å². The van der Waals surface area contributed by atoms with E-state index in [1.165, 1.54) is 0 Å². The highest BCUT2D eigenvalue weighted by Crippen LogP contribution is 2.31. The van der Waals surface area contributed by atoms with Gasteiger partial charge in [0.05, 0.1) is 21.7 Å². The van der Waals surface area contributed by atoms with Gasteiger partial charge in [0.25, 0.3) is 0 Å². The predicted octanol–water partition coefficient (Wildman–Crippen LogP) is 4.70. The number of rotatable bonds is 7. The summed E-state index contributed by atoms with van der Waals surface area (Å²) in [6.07, 6.45) is 4.65. The normalized spacial score (nSPS) is 11.3.